The van der Waals surface area contributed by atoms with Crippen LogP contribution in [0.2, 0.25) is 0 Å². The molecule has 0 spiro atoms. The van der Waals surface area contributed by atoms with E-state index in [1.807, 2.05) is 24.0 Å². The maximum atomic E-state index is 11.0. The maximum Gasteiger partial charge on any atom is 0.186 e. The van der Waals surface area contributed by atoms with E-state index in [2.05, 4.69) is 0 Å². The first kappa shape index (κ1) is 5.82. The molecule has 0 aliphatic heterocycles. The molecule has 0 saturated heterocycles. The molecule has 0 radical (unpaired) electrons. The minimum Gasteiger partial charge on any atom is -0.289 e. The van der Waals surface area contributed by atoms with Gasteiger partial charge in [0.05, 0.1) is 0 Å². The van der Waals surface area contributed by atoms with Crippen LogP contribution in [-0.4, -0.2) is 5.78 Å². The number of allylic oxidation sites excluding steroid dienone is 1. The molecule has 0 amide bonds. The van der Waals surface area contributed by atoms with Crippen molar-refractivity contribution in [2.24, 2.45) is 0 Å². The molecule has 48 valence electrons. The molecule has 2 heteroatoms. The Bertz CT molecular complexity index is 315. The zero-order valence-electron chi connectivity index (χ0n) is 5.24. The lowest BCUT2D eigenvalue weighted by molar-refractivity contribution is 0.105. The first-order chi connectivity index (χ1) is 4.88. The van der Waals surface area contributed by atoms with Gasteiger partial charge in [0.15, 0.2) is 5.78 Å². The average Bonchev–Trinajstić information content (AvgIpc) is 2.34. The van der Waals surface area contributed by atoms with Gasteiger partial charge < -0.3 is 0 Å². The third kappa shape index (κ3) is 0.714. The highest BCUT2D eigenvalue weighted by molar-refractivity contribution is 7.31. The van der Waals surface area contributed by atoms with Crippen LogP contribution >= 0.6 is 8.19 Å². The summed E-state index contributed by atoms with van der Waals surface area (Å²) in [5, 5.41) is 1.13. The Morgan fingerprint density at radius 3 is 3.00 bits per heavy atom. The minimum absolute atomic E-state index is 0.145. The molecular formula is C8H5OP. The Balaban J connectivity index is 2.70. The number of carbonyl (C=O) groups excluding carboxylic acids is 1. The smallest absolute Gasteiger partial charge is 0.186 e. The minimum atomic E-state index is 0.145. The van der Waals surface area contributed by atoms with E-state index in [9.17, 15) is 4.79 Å². The van der Waals surface area contributed by atoms with E-state index in [1.54, 1.807) is 6.08 Å². The fraction of sp³-hybridized carbons (Fsp3) is 0. The molecule has 1 aliphatic rings. The fourth-order valence-corrected chi connectivity index (χ4v) is 1.82. The summed E-state index contributed by atoms with van der Waals surface area (Å²) in [6, 6.07) is 3.79. The van der Waals surface area contributed by atoms with Crippen molar-refractivity contribution < 1.29 is 4.79 Å². The van der Waals surface area contributed by atoms with Crippen LogP contribution in [0.5, 0.6) is 0 Å². The zero-order chi connectivity index (χ0) is 6.97. The number of ketones is 1. The van der Waals surface area contributed by atoms with E-state index >= 15 is 0 Å². The van der Waals surface area contributed by atoms with E-state index in [-0.39, 0.29) is 5.78 Å². The van der Waals surface area contributed by atoms with Crippen LogP contribution in [0.1, 0.15) is 15.7 Å². The van der Waals surface area contributed by atoms with E-state index in [0.717, 1.165) is 19.1 Å². The van der Waals surface area contributed by atoms with Crippen LogP contribution in [0, 0.1) is 0 Å². The average molecular weight is 148 g/mol. The van der Waals surface area contributed by atoms with Gasteiger partial charge in [-0.25, -0.2) is 0 Å². The van der Waals surface area contributed by atoms with Gasteiger partial charge in [-0.05, 0) is 24.0 Å². The highest BCUT2D eigenvalue weighted by atomic mass is 31.0. The number of hydrogen-bond donors (Lipinski definition) is 0. The van der Waals surface area contributed by atoms with Crippen LogP contribution in [0.3, 0.4) is 0 Å². The van der Waals surface area contributed by atoms with Crippen LogP contribution < -0.4 is 0 Å². The Hall–Kier alpha value is -0.940. The molecule has 0 atom stereocenters. The van der Waals surface area contributed by atoms with Crippen molar-refractivity contribution in [2.45, 2.75) is 0 Å². The van der Waals surface area contributed by atoms with Gasteiger partial charge in [-0.3, -0.25) is 4.79 Å². The van der Waals surface area contributed by atoms with Crippen molar-refractivity contribution in [2.75, 3.05) is 0 Å². The number of rotatable bonds is 0. The molecule has 0 bridgehead atoms. The summed E-state index contributed by atoms with van der Waals surface area (Å²) in [4.78, 5) is 11.0. The predicted octanol–water partition coefficient (Wildman–Crippen LogP) is 2.48. The normalized spacial score (nSPS) is 14.6. The van der Waals surface area contributed by atoms with Gasteiger partial charge in [0.2, 0.25) is 0 Å². The molecule has 0 aromatic carbocycles. The molecule has 1 nitrogen and oxygen atoms in total. The van der Waals surface area contributed by atoms with Crippen molar-refractivity contribution in [3.63, 3.8) is 0 Å². The lowest BCUT2D eigenvalue weighted by atomic mass is 10.2. The highest BCUT2D eigenvalue weighted by Crippen LogP contribution is 2.25. The van der Waals surface area contributed by atoms with Gasteiger partial charge in [-0.15, -0.1) is 0 Å². The number of fused-ring (bicyclic) bond motifs is 1. The van der Waals surface area contributed by atoms with Crippen LogP contribution in [-0.2, 0) is 0 Å². The second-order valence-corrected chi connectivity index (χ2v) is 3.17. The van der Waals surface area contributed by atoms with Gasteiger partial charge in [0, 0.05) is 10.9 Å². The topological polar surface area (TPSA) is 17.1 Å². The molecule has 1 aromatic heterocycles. The van der Waals surface area contributed by atoms with Crippen molar-refractivity contribution in [3.8, 4) is 0 Å². The van der Waals surface area contributed by atoms with Crippen molar-refractivity contribution >= 4 is 20.1 Å². The summed E-state index contributed by atoms with van der Waals surface area (Å²) in [5.41, 5.74) is 0.865. The predicted molar refractivity (Wildman–Crippen MR) is 42.3 cm³/mol. The molecular weight excluding hydrogens is 143 g/mol. The summed E-state index contributed by atoms with van der Waals surface area (Å²) in [6.07, 6.45) is 3.51. The largest absolute Gasteiger partial charge is 0.289 e. The fourth-order valence-electron chi connectivity index (χ4n) is 1.00. The molecule has 0 saturated carbocycles. The second-order valence-electron chi connectivity index (χ2n) is 2.13. The SMILES string of the molecule is O=C1C=Cc2pcccc21. The summed E-state index contributed by atoms with van der Waals surface area (Å²) in [7, 11) is 1.14. The maximum absolute atomic E-state index is 11.0. The highest BCUT2D eigenvalue weighted by Gasteiger charge is 2.11. The third-order valence-electron chi connectivity index (χ3n) is 1.50. The summed E-state index contributed by atoms with van der Waals surface area (Å²) < 4.78 is 0. The summed E-state index contributed by atoms with van der Waals surface area (Å²) in [6.45, 7) is 0. The van der Waals surface area contributed by atoms with Gasteiger partial charge in [-0.2, -0.15) is 0 Å². The Kier molecular flexibility index (Phi) is 1.18. The monoisotopic (exact) mass is 148 g/mol. The second kappa shape index (κ2) is 2.03. The molecule has 0 fully saturated rings. The van der Waals surface area contributed by atoms with Gasteiger partial charge in [0.1, 0.15) is 0 Å². The van der Waals surface area contributed by atoms with E-state index in [0.29, 0.717) is 0 Å². The van der Waals surface area contributed by atoms with Crippen molar-refractivity contribution in [1.29, 1.82) is 0 Å². The quantitative estimate of drug-likeness (QED) is 0.552. The Morgan fingerprint density at radius 1 is 1.30 bits per heavy atom. The number of carbonyl (C=O) groups is 1. The molecule has 1 aromatic rings. The summed E-state index contributed by atoms with van der Waals surface area (Å²) >= 11 is 0. The van der Waals surface area contributed by atoms with Crippen molar-refractivity contribution in [1.82, 2.24) is 0 Å². The molecule has 1 heterocycles. The van der Waals surface area contributed by atoms with Gasteiger partial charge in [-0.1, -0.05) is 14.3 Å². The molecule has 2 rings (SSSR count). The molecule has 10 heavy (non-hydrogen) atoms. The van der Waals surface area contributed by atoms with Gasteiger partial charge in [0.25, 0.3) is 0 Å². The third-order valence-corrected chi connectivity index (χ3v) is 2.49. The van der Waals surface area contributed by atoms with Crippen molar-refractivity contribution in [3.05, 3.63) is 34.9 Å². The van der Waals surface area contributed by atoms with Gasteiger partial charge >= 0.3 is 0 Å². The lowest BCUT2D eigenvalue weighted by Gasteiger charge is -1.91. The number of hydrogen-bond acceptors (Lipinski definition) is 1. The Morgan fingerprint density at radius 2 is 2.20 bits per heavy atom. The first-order valence-electron chi connectivity index (χ1n) is 3.05. The Labute approximate surface area is 60.5 Å². The summed E-state index contributed by atoms with van der Waals surface area (Å²) in [5.74, 6) is 2.17. The standard InChI is InChI=1S/C8H5OP/c9-7-3-4-8-6(7)2-1-5-10-8/h1-5H. The molecule has 0 unspecified atom stereocenters. The van der Waals surface area contributed by atoms with E-state index in [1.165, 1.54) is 0 Å². The molecule has 0 N–H and O–H groups in total. The van der Waals surface area contributed by atoms with Crippen LogP contribution in [0.4, 0.5) is 0 Å². The first-order valence-corrected chi connectivity index (χ1v) is 4.02. The van der Waals surface area contributed by atoms with E-state index in [4.69, 9.17) is 0 Å². The lowest BCUT2D eigenvalue weighted by Crippen LogP contribution is -1.87. The van der Waals surface area contributed by atoms with E-state index < -0.39 is 0 Å². The zero-order valence-corrected chi connectivity index (χ0v) is 6.14. The molecule has 1 aliphatic carbocycles. The van der Waals surface area contributed by atoms with Crippen LogP contribution in [0.15, 0.2) is 24.0 Å². The van der Waals surface area contributed by atoms with Crippen LogP contribution in [0.25, 0.3) is 6.08 Å².